The minimum absolute atomic E-state index is 0.117. The van der Waals surface area contributed by atoms with Gasteiger partial charge in [-0.3, -0.25) is 4.90 Å². The van der Waals surface area contributed by atoms with E-state index in [4.69, 9.17) is 9.47 Å². The van der Waals surface area contributed by atoms with E-state index >= 15 is 0 Å². The first-order valence-electron chi connectivity index (χ1n) is 9.40. The van der Waals surface area contributed by atoms with E-state index in [2.05, 4.69) is 22.6 Å². The molecule has 2 aliphatic rings. The van der Waals surface area contributed by atoms with E-state index in [-0.39, 0.29) is 18.2 Å². The minimum atomic E-state index is -0.599. The summed E-state index contributed by atoms with van der Waals surface area (Å²) in [5.74, 6) is 0.711. The van der Waals surface area contributed by atoms with Crippen LogP contribution in [0.3, 0.4) is 0 Å². The van der Waals surface area contributed by atoms with Gasteiger partial charge in [0.2, 0.25) is 0 Å². The zero-order valence-corrected chi connectivity index (χ0v) is 18.1. The molecule has 0 N–H and O–H groups in total. The fourth-order valence-electron chi connectivity index (χ4n) is 4.12. The molecule has 1 amide bonds. The van der Waals surface area contributed by atoms with Gasteiger partial charge in [-0.05, 0) is 53.4 Å². The lowest BCUT2D eigenvalue weighted by molar-refractivity contribution is -0.0789. The number of hydrogen-bond donors (Lipinski definition) is 0. The van der Waals surface area contributed by atoms with E-state index in [0.717, 1.165) is 17.3 Å². The van der Waals surface area contributed by atoms with Crippen LogP contribution in [0.5, 0.6) is 0 Å². The quantitative estimate of drug-likeness (QED) is 0.417. The second-order valence-electron chi connectivity index (χ2n) is 8.74. The van der Waals surface area contributed by atoms with E-state index < -0.39 is 11.3 Å². The lowest BCUT2D eigenvalue weighted by Gasteiger charge is -2.36. The molecule has 0 radical (unpaired) electrons. The third kappa shape index (κ3) is 5.23. The number of halogens is 1. The summed E-state index contributed by atoms with van der Waals surface area (Å²) in [6, 6.07) is 0.132. The van der Waals surface area contributed by atoms with Gasteiger partial charge in [0.15, 0.2) is 0 Å². The molecule has 2 unspecified atom stereocenters. The molecule has 2 rings (SSSR count). The van der Waals surface area contributed by atoms with Crippen molar-refractivity contribution in [1.29, 1.82) is 0 Å². The van der Waals surface area contributed by atoms with E-state index in [9.17, 15) is 4.79 Å². The Balaban J connectivity index is 2.18. The molecule has 0 aromatic heterocycles. The first-order chi connectivity index (χ1) is 11.1. The predicted octanol–water partition coefficient (Wildman–Crippen LogP) is 5.52. The van der Waals surface area contributed by atoms with E-state index in [1.165, 1.54) is 32.1 Å². The average molecular weight is 451 g/mol. The molecule has 4 nitrogen and oxygen atoms in total. The van der Waals surface area contributed by atoms with E-state index in [1.54, 1.807) is 0 Å². The van der Waals surface area contributed by atoms with Gasteiger partial charge in [-0.25, -0.2) is 4.79 Å². The van der Waals surface area contributed by atoms with Gasteiger partial charge in [0, 0.05) is 4.43 Å². The van der Waals surface area contributed by atoms with Gasteiger partial charge in [0.25, 0.3) is 0 Å². The van der Waals surface area contributed by atoms with Gasteiger partial charge in [-0.15, -0.1) is 0 Å². The van der Waals surface area contributed by atoms with Gasteiger partial charge in [0.1, 0.15) is 11.3 Å². The Labute approximate surface area is 161 Å². The van der Waals surface area contributed by atoms with Crippen LogP contribution in [-0.2, 0) is 9.47 Å². The third-order valence-corrected chi connectivity index (χ3v) is 5.69. The lowest BCUT2D eigenvalue weighted by Crippen LogP contribution is -2.50. The third-order valence-electron chi connectivity index (χ3n) is 5.06. The lowest BCUT2D eigenvalue weighted by atomic mass is 9.83. The highest BCUT2D eigenvalue weighted by Crippen LogP contribution is 2.40. The Morgan fingerprint density at radius 2 is 1.88 bits per heavy atom. The summed E-state index contributed by atoms with van der Waals surface area (Å²) in [5, 5.41) is 0. The Hall–Kier alpha value is -0.0400. The van der Waals surface area contributed by atoms with Crippen molar-refractivity contribution in [1.82, 2.24) is 4.90 Å². The molecule has 1 aliphatic heterocycles. The maximum atomic E-state index is 12.9. The first kappa shape index (κ1) is 20.3. The number of ether oxygens (including phenoxy) is 2. The number of carbonyl (C=O) groups is 1. The molecule has 1 aliphatic carbocycles. The van der Waals surface area contributed by atoms with Gasteiger partial charge < -0.3 is 9.47 Å². The van der Waals surface area contributed by atoms with Crippen molar-refractivity contribution >= 4 is 28.7 Å². The molecule has 0 aromatic rings. The summed E-state index contributed by atoms with van der Waals surface area (Å²) < 4.78 is 13.1. The molecule has 2 atom stereocenters. The number of hydrogen-bond acceptors (Lipinski definition) is 3. The van der Waals surface area contributed by atoms with Gasteiger partial charge in [0.05, 0.1) is 12.1 Å². The molecule has 1 saturated carbocycles. The summed E-state index contributed by atoms with van der Waals surface area (Å²) in [7, 11) is 0. The Morgan fingerprint density at radius 3 is 2.42 bits per heavy atom. The number of amides is 1. The topological polar surface area (TPSA) is 38.8 Å². The summed E-state index contributed by atoms with van der Waals surface area (Å²) >= 11 is 2.40. The van der Waals surface area contributed by atoms with Crippen molar-refractivity contribution < 1.29 is 14.3 Å². The maximum absolute atomic E-state index is 12.9. The molecule has 0 bridgehead atoms. The molecular formula is C19H34INO3. The molecule has 5 heteroatoms. The SMILES string of the molecule is CC(C)(C)OC(=O)N1C(CC2CCCCC2)C(CCI)OC1(C)C. The van der Waals surface area contributed by atoms with Crippen molar-refractivity contribution in [3.05, 3.63) is 0 Å². The molecule has 24 heavy (non-hydrogen) atoms. The number of carbonyl (C=O) groups excluding carboxylic acids is 1. The van der Waals surface area contributed by atoms with Crippen LogP contribution in [0.4, 0.5) is 4.79 Å². The summed E-state index contributed by atoms with van der Waals surface area (Å²) in [6.45, 7) is 9.77. The average Bonchev–Trinajstić information content (AvgIpc) is 2.69. The van der Waals surface area contributed by atoms with E-state index in [0.29, 0.717) is 5.92 Å². The predicted molar refractivity (Wildman–Crippen MR) is 106 cm³/mol. The highest BCUT2D eigenvalue weighted by atomic mass is 127. The monoisotopic (exact) mass is 451 g/mol. The van der Waals surface area contributed by atoms with Crippen LogP contribution in [0.2, 0.25) is 0 Å². The second kappa shape index (κ2) is 8.11. The summed E-state index contributed by atoms with van der Waals surface area (Å²) in [4.78, 5) is 14.8. The van der Waals surface area contributed by atoms with Gasteiger partial charge in [-0.1, -0.05) is 54.7 Å². The van der Waals surface area contributed by atoms with Crippen LogP contribution in [0, 0.1) is 5.92 Å². The van der Waals surface area contributed by atoms with Crippen LogP contribution in [0.25, 0.3) is 0 Å². The van der Waals surface area contributed by atoms with Crippen LogP contribution in [-0.4, -0.2) is 38.9 Å². The second-order valence-corrected chi connectivity index (χ2v) is 9.82. The molecule has 1 heterocycles. The highest BCUT2D eigenvalue weighted by Gasteiger charge is 2.51. The molecule has 140 valence electrons. The Morgan fingerprint density at radius 1 is 1.25 bits per heavy atom. The minimum Gasteiger partial charge on any atom is -0.444 e. The summed E-state index contributed by atoms with van der Waals surface area (Å²) in [5.41, 5.74) is -1.08. The Kier molecular flexibility index (Phi) is 6.85. The Bertz CT molecular complexity index is 427. The van der Waals surface area contributed by atoms with Gasteiger partial charge >= 0.3 is 6.09 Å². The molecule has 0 spiro atoms. The molecule has 0 aromatic carbocycles. The van der Waals surface area contributed by atoms with Crippen LogP contribution >= 0.6 is 22.6 Å². The standard InChI is InChI=1S/C19H34INO3/c1-18(2,3)24-17(22)21-15(13-14-9-7-6-8-10-14)16(11-12-20)23-19(21,4)5/h14-16H,6-13H2,1-5H3. The van der Waals surface area contributed by atoms with Crippen LogP contribution in [0.15, 0.2) is 0 Å². The zero-order chi connectivity index (χ0) is 18.0. The normalized spacial score (nSPS) is 28.2. The zero-order valence-electron chi connectivity index (χ0n) is 15.9. The van der Waals surface area contributed by atoms with Gasteiger partial charge in [-0.2, -0.15) is 0 Å². The van der Waals surface area contributed by atoms with E-state index in [1.807, 2.05) is 39.5 Å². The smallest absolute Gasteiger partial charge is 0.412 e. The fraction of sp³-hybridized carbons (Fsp3) is 0.947. The first-order valence-corrected chi connectivity index (χ1v) is 10.9. The summed E-state index contributed by atoms with van der Waals surface area (Å²) in [6.07, 6.45) is 8.50. The van der Waals surface area contributed by atoms with Crippen molar-refractivity contribution in [2.45, 2.75) is 103 Å². The van der Waals surface area contributed by atoms with Crippen molar-refractivity contribution in [2.24, 2.45) is 5.92 Å². The number of alkyl halides is 1. The van der Waals surface area contributed by atoms with Crippen LogP contribution < -0.4 is 0 Å². The molecule has 1 saturated heterocycles. The number of nitrogens with zero attached hydrogens (tertiary/aromatic N) is 1. The largest absolute Gasteiger partial charge is 0.444 e. The van der Waals surface area contributed by atoms with Crippen molar-refractivity contribution in [2.75, 3.05) is 4.43 Å². The fourth-order valence-corrected chi connectivity index (χ4v) is 4.73. The molecule has 2 fully saturated rings. The maximum Gasteiger partial charge on any atom is 0.412 e. The van der Waals surface area contributed by atoms with Crippen LogP contribution in [0.1, 0.15) is 79.6 Å². The van der Waals surface area contributed by atoms with Crippen molar-refractivity contribution in [3.8, 4) is 0 Å². The number of rotatable bonds is 4. The molecular weight excluding hydrogens is 417 g/mol. The van der Waals surface area contributed by atoms with Crippen molar-refractivity contribution in [3.63, 3.8) is 0 Å². The highest BCUT2D eigenvalue weighted by molar-refractivity contribution is 14.1.